The minimum atomic E-state index is -1.62. The molecule has 0 nitrogen and oxygen atoms in total. The van der Waals surface area contributed by atoms with Gasteiger partial charge in [0.1, 0.15) is 0 Å². The number of hydrogen-bond donors (Lipinski definition) is 0. The number of rotatable bonds is 7. The summed E-state index contributed by atoms with van der Waals surface area (Å²) in [5, 5.41) is 12.5. The van der Waals surface area contributed by atoms with Gasteiger partial charge in [-0.15, -0.1) is 0 Å². The van der Waals surface area contributed by atoms with Crippen LogP contribution in [0, 0.1) is 17.8 Å². The zero-order chi connectivity index (χ0) is 24.7. The molecule has 0 saturated heterocycles. The Morgan fingerprint density at radius 2 is 0.943 bits per heavy atom. The molecule has 5 aromatic carbocycles. The lowest BCUT2D eigenvalue weighted by Gasteiger charge is -2.37. The summed E-state index contributed by atoms with van der Waals surface area (Å²) in [5.74, 6) is 2.23. The van der Waals surface area contributed by atoms with E-state index in [2.05, 4.69) is 120 Å². The van der Waals surface area contributed by atoms with Gasteiger partial charge in [0.05, 0.1) is 8.07 Å². The fraction of sp³-hybridized carbons (Fsp3) is 0.353. The van der Waals surface area contributed by atoms with E-state index in [0.717, 1.165) is 17.8 Å². The summed E-state index contributed by atoms with van der Waals surface area (Å²) in [5.41, 5.74) is 0. The summed E-state index contributed by atoms with van der Waals surface area (Å²) >= 11 is 0. The molecule has 0 bridgehead atoms. The summed E-state index contributed by atoms with van der Waals surface area (Å²) < 4.78 is 0. The fourth-order valence-electron chi connectivity index (χ4n) is 6.85. The van der Waals surface area contributed by atoms with Gasteiger partial charge in [0.15, 0.2) is 0 Å². The summed E-state index contributed by atoms with van der Waals surface area (Å²) in [7, 11) is -1.62. The standard InChI is InChI=1S/C34H40Si/c1-23(2)20-35(21-24(3)4,22-25(5)6)30-13-16-31-29(18-30)12-15-33-32(31)14-11-28-17-26-9-7-8-10-27(26)19-34(28)33/h7-19,23-25H,20-22H2,1-6H3. The molecule has 0 aliphatic carbocycles. The molecule has 0 unspecified atom stereocenters. The first-order valence-electron chi connectivity index (χ1n) is 13.5. The minimum absolute atomic E-state index is 0.743. The monoisotopic (exact) mass is 476 g/mol. The Balaban J connectivity index is 1.70. The Hall–Kier alpha value is -2.64. The maximum atomic E-state index is 2.58. The van der Waals surface area contributed by atoms with E-state index in [4.69, 9.17) is 0 Å². The van der Waals surface area contributed by atoms with Crippen LogP contribution in [0.2, 0.25) is 18.1 Å². The van der Waals surface area contributed by atoms with Gasteiger partial charge in [-0.1, -0.05) is 132 Å². The van der Waals surface area contributed by atoms with Gasteiger partial charge in [-0.25, -0.2) is 0 Å². The van der Waals surface area contributed by atoms with E-state index in [-0.39, 0.29) is 0 Å². The summed E-state index contributed by atoms with van der Waals surface area (Å²) in [6, 6.07) is 34.5. The molecule has 0 atom stereocenters. The molecule has 0 heterocycles. The van der Waals surface area contributed by atoms with Crippen LogP contribution in [-0.2, 0) is 0 Å². The minimum Gasteiger partial charge on any atom is -0.0630 e. The molecule has 5 aromatic rings. The van der Waals surface area contributed by atoms with Gasteiger partial charge in [0.25, 0.3) is 0 Å². The van der Waals surface area contributed by atoms with Gasteiger partial charge in [-0.2, -0.15) is 0 Å². The Kier molecular flexibility index (Phi) is 6.48. The highest BCUT2D eigenvalue weighted by molar-refractivity contribution is 6.92. The van der Waals surface area contributed by atoms with Crippen LogP contribution in [0.25, 0.3) is 43.1 Å². The molecule has 35 heavy (non-hydrogen) atoms. The Morgan fingerprint density at radius 3 is 1.51 bits per heavy atom. The first-order chi connectivity index (χ1) is 16.8. The zero-order valence-electron chi connectivity index (χ0n) is 22.4. The van der Waals surface area contributed by atoms with Crippen molar-refractivity contribution >= 4 is 56.4 Å². The normalized spacial score (nSPS) is 12.8. The average Bonchev–Trinajstić information content (AvgIpc) is 2.80. The lowest BCUT2D eigenvalue weighted by molar-refractivity contribution is 0.649. The number of benzene rings is 5. The van der Waals surface area contributed by atoms with Crippen molar-refractivity contribution in [2.45, 2.75) is 59.7 Å². The van der Waals surface area contributed by atoms with Crippen LogP contribution in [0.4, 0.5) is 0 Å². The quantitative estimate of drug-likeness (QED) is 0.124. The van der Waals surface area contributed by atoms with Crippen molar-refractivity contribution in [2.75, 3.05) is 0 Å². The van der Waals surface area contributed by atoms with E-state index >= 15 is 0 Å². The van der Waals surface area contributed by atoms with Crippen molar-refractivity contribution in [1.82, 2.24) is 0 Å². The first kappa shape index (κ1) is 24.1. The van der Waals surface area contributed by atoms with E-state index in [0.29, 0.717) is 0 Å². The van der Waals surface area contributed by atoms with Gasteiger partial charge in [0.2, 0.25) is 0 Å². The van der Waals surface area contributed by atoms with Gasteiger partial charge >= 0.3 is 0 Å². The molecular weight excluding hydrogens is 436 g/mol. The maximum Gasteiger partial charge on any atom is 0.0875 e. The molecule has 0 N–H and O–H groups in total. The van der Waals surface area contributed by atoms with Crippen molar-refractivity contribution in [2.24, 2.45) is 17.8 Å². The van der Waals surface area contributed by atoms with E-state index in [1.165, 1.54) is 61.2 Å². The first-order valence-corrected chi connectivity index (χ1v) is 16.2. The summed E-state index contributed by atoms with van der Waals surface area (Å²) in [6.45, 7) is 14.5. The Bertz CT molecular complexity index is 1480. The van der Waals surface area contributed by atoms with Crippen molar-refractivity contribution in [3.63, 3.8) is 0 Å². The van der Waals surface area contributed by atoms with Crippen molar-refractivity contribution in [3.05, 3.63) is 78.9 Å². The molecule has 0 aliphatic rings. The van der Waals surface area contributed by atoms with Gasteiger partial charge in [-0.3, -0.25) is 0 Å². The topological polar surface area (TPSA) is 0 Å². The molecule has 1 heteroatoms. The molecule has 0 fully saturated rings. The molecule has 0 amide bonds. The van der Waals surface area contributed by atoms with Gasteiger partial charge < -0.3 is 0 Å². The van der Waals surface area contributed by atoms with Crippen LogP contribution in [0.15, 0.2) is 78.9 Å². The van der Waals surface area contributed by atoms with E-state index < -0.39 is 8.07 Å². The lowest BCUT2D eigenvalue weighted by Crippen LogP contribution is -2.50. The highest BCUT2D eigenvalue weighted by Gasteiger charge is 2.37. The molecule has 0 radical (unpaired) electrons. The van der Waals surface area contributed by atoms with E-state index in [1.807, 2.05) is 0 Å². The van der Waals surface area contributed by atoms with Crippen LogP contribution in [0.1, 0.15) is 41.5 Å². The van der Waals surface area contributed by atoms with Crippen LogP contribution < -0.4 is 5.19 Å². The van der Waals surface area contributed by atoms with E-state index in [9.17, 15) is 0 Å². The largest absolute Gasteiger partial charge is 0.0875 e. The Labute approximate surface area is 212 Å². The van der Waals surface area contributed by atoms with Crippen LogP contribution >= 0.6 is 0 Å². The smallest absolute Gasteiger partial charge is 0.0630 e. The third kappa shape index (κ3) is 4.64. The fourth-order valence-corrected chi connectivity index (χ4v) is 13.6. The highest BCUT2D eigenvalue weighted by atomic mass is 28.3. The zero-order valence-corrected chi connectivity index (χ0v) is 23.4. The van der Waals surface area contributed by atoms with Gasteiger partial charge in [-0.05, 0) is 73.0 Å². The van der Waals surface area contributed by atoms with E-state index in [1.54, 1.807) is 5.19 Å². The molecular formula is C34H40Si. The predicted molar refractivity (Wildman–Crippen MR) is 161 cm³/mol. The molecule has 5 rings (SSSR count). The molecule has 180 valence electrons. The third-order valence-electron chi connectivity index (χ3n) is 7.71. The number of hydrogen-bond acceptors (Lipinski definition) is 0. The second-order valence-electron chi connectivity index (χ2n) is 12.2. The molecule has 0 spiro atoms. The van der Waals surface area contributed by atoms with Crippen molar-refractivity contribution in [1.29, 1.82) is 0 Å². The van der Waals surface area contributed by atoms with Crippen LogP contribution in [0.3, 0.4) is 0 Å². The lowest BCUT2D eigenvalue weighted by atomic mass is 9.95. The highest BCUT2D eigenvalue weighted by Crippen LogP contribution is 2.36. The molecule has 0 aromatic heterocycles. The van der Waals surface area contributed by atoms with Gasteiger partial charge in [0, 0.05) is 0 Å². The van der Waals surface area contributed by atoms with Crippen molar-refractivity contribution < 1.29 is 0 Å². The molecule has 0 saturated carbocycles. The Morgan fingerprint density at radius 1 is 0.457 bits per heavy atom. The molecule has 0 aliphatic heterocycles. The number of fused-ring (bicyclic) bond motifs is 6. The summed E-state index contributed by atoms with van der Waals surface area (Å²) in [4.78, 5) is 0. The van der Waals surface area contributed by atoms with Crippen molar-refractivity contribution in [3.8, 4) is 0 Å². The second kappa shape index (κ2) is 9.43. The maximum absolute atomic E-state index is 2.58. The second-order valence-corrected chi connectivity index (χ2v) is 16.5. The average molecular weight is 477 g/mol. The predicted octanol–water partition coefficient (Wildman–Crippen LogP) is 9.92. The summed E-state index contributed by atoms with van der Waals surface area (Å²) in [6.07, 6.45) is 0. The van der Waals surface area contributed by atoms with Crippen LogP contribution in [-0.4, -0.2) is 8.07 Å². The van der Waals surface area contributed by atoms with Crippen LogP contribution in [0.5, 0.6) is 0 Å². The SMILES string of the molecule is CC(C)C[Si](CC(C)C)(CC(C)C)c1ccc2c(ccc3c4cc5ccccc5cc4ccc23)c1. The third-order valence-corrected chi connectivity index (χ3v) is 14.0.